The van der Waals surface area contributed by atoms with E-state index < -0.39 is 5.97 Å². The molecule has 0 aromatic heterocycles. The quantitative estimate of drug-likeness (QED) is 0.866. The predicted octanol–water partition coefficient (Wildman–Crippen LogP) is 1.68. The smallest absolute Gasteiger partial charge is 0.307 e. The lowest BCUT2D eigenvalue weighted by Crippen LogP contribution is -2.23. The van der Waals surface area contributed by atoms with Gasteiger partial charge >= 0.3 is 5.97 Å². The zero-order valence-electron chi connectivity index (χ0n) is 10.8. The molecular weight excluding hydrogens is 246 g/mol. The number of aliphatic carboxylic acids is 1. The van der Waals surface area contributed by atoms with Gasteiger partial charge in [-0.3, -0.25) is 9.59 Å². The topological polar surface area (TPSA) is 75.6 Å². The number of amides is 1. The molecule has 2 rings (SSSR count). The molecule has 1 fully saturated rings. The molecule has 0 aliphatic carbocycles. The number of ether oxygens (including phenoxy) is 1. The van der Waals surface area contributed by atoms with E-state index in [1.807, 2.05) is 6.92 Å². The molecule has 1 saturated heterocycles. The number of para-hydroxylation sites is 1. The fourth-order valence-electron chi connectivity index (χ4n) is 2.19. The van der Waals surface area contributed by atoms with Crippen LogP contribution in [0.3, 0.4) is 0 Å². The van der Waals surface area contributed by atoms with Gasteiger partial charge in [0.05, 0.1) is 25.0 Å². The number of rotatable bonds is 4. The lowest BCUT2D eigenvalue weighted by Gasteiger charge is -2.12. The number of anilines is 1. The number of hydrogen-bond donors (Lipinski definition) is 2. The van der Waals surface area contributed by atoms with Gasteiger partial charge in [-0.05, 0) is 25.0 Å². The van der Waals surface area contributed by atoms with Gasteiger partial charge in [-0.2, -0.15) is 0 Å². The van der Waals surface area contributed by atoms with Gasteiger partial charge in [0.15, 0.2) is 0 Å². The van der Waals surface area contributed by atoms with Gasteiger partial charge in [0.1, 0.15) is 0 Å². The Morgan fingerprint density at radius 1 is 1.42 bits per heavy atom. The van der Waals surface area contributed by atoms with Crippen LogP contribution in [0.2, 0.25) is 0 Å². The van der Waals surface area contributed by atoms with Gasteiger partial charge in [0.25, 0.3) is 0 Å². The highest BCUT2D eigenvalue weighted by Gasteiger charge is 2.28. The van der Waals surface area contributed by atoms with E-state index in [0.717, 1.165) is 0 Å². The minimum Gasteiger partial charge on any atom is -0.481 e. The molecule has 5 heteroatoms. The summed E-state index contributed by atoms with van der Waals surface area (Å²) in [4.78, 5) is 22.8. The van der Waals surface area contributed by atoms with Crippen LogP contribution in [-0.2, 0) is 20.7 Å². The van der Waals surface area contributed by atoms with Crippen molar-refractivity contribution in [3.05, 3.63) is 29.8 Å². The second-order valence-corrected chi connectivity index (χ2v) is 4.79. The zero-order valence-corrected chi connectivity index (χ0v) is 10.8. The first-order chi connectivity index (χ1) is 9.06. The van der Waals surface area contributed by atoms with E-state index in [4.69, 9.17) is 9.84 Å². The maximum atomic E-state index is 12.1. The van der Waals surface area contributed by atoms with E-state index >= 15 is 0 Å². The second-order valence-electron chi connectivity index (χ2n) is 4.79. The summed E-state index contributed by atoms with van der Waals surface area (Å²) in [5.74, 6) is -1.19. The lowest BCUT2D eigenvalue weighted by molar-refractivity contribution is -0.136. The molecule has 2 unspecified atom stereocenters. The van der Waals surface area contributed by atoms with Crippen molar-refractivity contribution in [3.8, 4) is 0 Å². The number of nitrogens with one attached hydrogen (secondary N) is 1. The van der Waals surface area contributed by atoms with E-state index in [2.05, 4.69) is 5.32 Å². The van der Waals surface area contributed by atoms with E-state index in [-0.39, 0.29) is 24.3 Å². The van der Waals surface area contributed by atoms with Crippen LogP contribution in [0.1, 0.15) is 18.9 Å². The highest BCUT2D eigenvalue weighted by Crippen LogP contribution is 2.22. The third-order valence-electron chi connectivity index (χ3n) is 3.19. The van der Waals surface area contributed by atoms with Crippen molar-refractivity contribution in [2.75, 3.05) is 11.9 Å². The number of carboxylic acid groups (broad SMARTS) is 1. The summed E-state index contributed by atoms with van der Waals surface area (Å²) in [5.41, 5.74) is 1.17. The summed E-state index contributed by atoms with van der Waals surface area (Å²) in [6.45, 7) is 2.36. The molecule has 1 aromatic rings. The van der Waals surface area contributed by atoms with Crippen LogP contribution >= 0.6 is 0 Å². The van der Waals surface area contributed by atoms with Crippen LogP contribution in [0, 0.1) is 5.92 Å². The zero-order chi connectivity index (χ0) is 13.8. The molecule has 5 nitrogen and oxygen atoms in total. The molecule has 1 aliphatic rings. The van der Waals surface area contributed by atoms with Gasteiger partial charge in [0.2, 0.25) is 5.91 Å². The number of carbonyl (C=O) groups excluding carboxylic acids is 1. The predicted molar refractivity (Wildman–Crippen MR) is 69.9 cm³/mol. The van der Waals surface area contributed by atoms with Crippen molar-refractivity contribution >= 4 is 17.6 Å². The Morgan fingerprint density at radius 2 is 2.16 bits per heavy atom. The van der Waals surface area contributed by atoms with Crippen molar-refractivity contribution in [2.45, 2.75) is 25.9 Å². The monoisotopic (exact) mass is 263 g/mol. The second kappa shape index (κ2) is 5.84. The van der Waals surface area contributed by atoms with Gasteiger partial charge in [-0.25, -0.2) is 0 Å². The van der Waals surface area contributed by atoms with Crippen molar-refractivity contribution in [3.63, 3.8) is 0 Å². The van der Waals surface area contributed by atoms with E-state index in [0.29, 0.717) is 24.3 Å². The fourth-order valence-corrected chi connectivity index (χ4v) is 2.19. The summed E-state index contributed by atoms with van der Waals surface area (Å²) in [6, 6.07) is 6.95. The first kappa shape index (κ1) is 13.5. The van der Waals surface area contributed by atoms with Crippen molar-refractivity contribution in [1.82, 2.24) is 0 Å². The molecule has 19 heavy (non-hydrogen) atoms. The van der Waals surface area contributed by atoms with E-state index in [1.165, 1.54) is 0 Å². The fraction of sp³-hybridized carbons (Fsp3) is 0.429. The number of carboxylic acids is 1. The summed E-state index contributed by atoms with van der Waals surface area (Å²) in [6.07, 6.45) is 0.700. The van der Waals surface area contributed by atoms with Gasteiger partial charge in [0, 0.05) is 5.69 Å². The highest BCUT2D eigenvalue weighted by molar-refractivity contribution is 5.94. The highest BCUT2D eigenvalue weighted by atomic mass is 16.5. The van der Waals surface area contributed by atoms with Gasteiger partial charge < -0.3 is 15.2 Å². The Bertz CT molecular complexity index is 486. The van der Waals surface area contributed by atoms with Gasteiger partial charge in [-0.1, -0.05) is 18.2 Å². The molecule has 2 atom stereocenters. The average molecular weight is 263 g/mol. The third-order valence-corrected chi connectivity index (χ3v) is 3.19. The molecule has 2 N–H and O–H groups in total. The first-order valence-electron chi connectivity index (χ1n) is 6.28. The normalized spacial score (nSPS) is 22.2. The third kappa shape index (κ3) is 3.54. The minimum absolute atomic E-state index is 0.102. The van der Waals surface area contributed by atoms with Crippen LogP contribution < -0.4 is 5.32 Å². The van der Waals surface area contributed by atoms with Crippen LogP contribution in [0.25, 0.3) is 0 Å². The summed E-state index contributed by atoms with van der Waals surface area (Å²) in [7, 11) is 0. The molecule has 0 saturated carbocycles. The van der Waals surface area contributed by atoms with Crippen molar-refractivity contribution in [1.29, 1.82) is 0 Å². The van der Waals surface area contributed by atoms with Crippen LogP contribution in [-0.4, -0.2) is 29.7 Å². The van der Waals surface area contributed by atoms with Crippen molar-refractivity contribution < 1.29 is 19.4 Å². The standard InChI is InChI=1S/C14H17NO4/c1-9-6-11(8-19-9)14(18)15-12-5-3-2-4-10(12)7-13(16)17/h2-5,9,11H,6-8H2,1H3,(H,15,18)(H,16,17). The lowest BCUT2D eigenvalue weighted by atomic mass is 10.0. The molecule has 0 radical (unpaired) electrons. The Kier molecular flexibility index (Phi) is 4.16. The molecule has 0 spiro atoms. The number of benzene rings is 1. The molecule has 102 valence electrons. The summed E-state index contributed by atoms with van der Waals surface area (Å²) < 4.78 is 5.36. The molecule has 0 bridgehead atoms. The van der Waals surface area contributed by atoms with Crippen molar-refractivity contribution in [2.24, 2.45) is 5.92 Å². The van der Waals surface area contributed by atoms with Gasteiger partial charge in [-0.15, -0.1) is 0 Å². The Morgan fingerprint density at radius 3 is 2.79 bits per heavy atom. The van der Waals surface area contributed by atoms with Crippen LogP contribution in [0.4, 0.5) is 5.69 Å². The Labute approximate surface area is 111 Å². The Balaban J connectivity index is 2.06. The average Bonchev–Trinajstić information content (AvgIpc) is 2.78. The largest absolute Gasteiger partial charge is 0.481 e. The first-order valence-corrected chi connectivity index (χ1v) is 6.28. The molecule has 1 heterocycles. The molecular formula is C14H17NO4. The number of carbonyl (C=O) groups is 2. The maximum absolute atomic E-state index is 12.1. The summed E-state index contributed by atoms with van der Waals surface area (Å²) >= 11 is 0. The van der Waals surface area contributed by atoms with Crippen LogP contribution in [0.15, 0.2) is 24.3 Å². The SMILES string of the molecule is CC1CC(C(=O)Nc2ccccc2CC(=O)O)CO1. The minimum atomic E-state index is -0.917. The van der Waals surface area contributed by atoms with E-state index in [9.17, 15) is 9.59 Å². The molecule has 1 aromatic carbocycles. The van der Waals surface area contributed by atoms with E-state index in [1.54, 1.807) is 24.3 Å². The Hall–Kier alpha value is -1.88. The number of hydrogen-bond acceptors (Lipinski definition) is 3. The maximum Gasteiger partial charge on any atom is 0.307 e. The molecule has 1 amide bonds. The van der Waals surface area contributed by atoms with Crippen LogP contribution in [0.5, 0.6) is 0 Å². The summed E-state index contributed by atoms with van der Waals surface area (Å²) in [5, 5.41) is 11.6. The molecule has 1 aliphatic heterocycles.